The predicted octanol–water partition coefficient (Wildman–Crippen LogP) is -7.37. The molecule has 318 valence electrons. The van der Waals surface area contributed by atoms with Crippen molar-refractivity contribution >= 4 is 99.4 Å². The molecule has 0 aliphatic carbocycles. The quantitative estimate of drug-likeness (QED) is 0.0535. The number of hydrogen-bond acceptors (Lipinski definition) is 29. The van der Waals surface area contributed by atoms with Gasteiger partial charge >= 0.3 is 31.2 Å². The maximum atomic E-state index is 11.7. The molecule has 41 heteroatoms. The average Bonchev–Trinajstić information content (AvgIpc) is 2.94. The third-order valence-electron chi connectivity index (χ3n) is 5.22. The zero-order valence-electron chi connectivity index (χ0n) is 24.2. The smallest absolute Gasteiger partial charge is 0.397 e. The van der Waals surface area contributed by atoms with Crippen molar-refractivity contribution in [3.8, 4) is 0 Å². The Morgan fingerprint density at radius 2 is 1.08 bits per heavy atom. The molecule has 1 saturated heterocycles. The van der Waals surface area contributed by atoms with E-state index in [1.165, 1.54) is 0 Å². The minimum atomic E-state index is -6.08. The van der Waals surface area contributed by atoms with Crippen LogP contribution in [0.4, 0.5) is 0 Å². The number of rotatable bonds is 26. The SMILES string of the molecule is O=S([O-])OC[C@H]1O[C@@H](OC[C@@H](OS(=O)[O-])[C@@H](OS(=O)(=O)O)[C@H](OS(=O)[O-])[C@H](COS(=O)(=O)O)OS(=O)[O-])[C@H](OS(=O)(=O)O)[C@@H](OS(=O)[O-])[C@@H]1OS(=O)[O-]. The molecule has 15 atom stereocenters. The Kier molecular flexibility index (Phi) is 21.9. The first kappa shape index (κ1) is 51.0. The van der Waals surface area contributed by atoms with E-state index in [2.05, 4.69) is 37.6 Å². The minimum absolute atomic E-state index is 1.41. The third-order valence-corrected chi connectivity index (χ3v) is 8.86. The second-order valence-corrected chi connectivity index (χ2v) is 15.4. The van der Waals surface area contributed by atoms with E-state index in [1.54, 1.807) is 0 Å². The van der Waals surface area contributed by atoms with Crippen LogP contribution in [0.3, 0.4) is 0 Å². The van der Waals surface area contributed by atoms with Crippen LogP contribution < -0.4 is 0 Å². The molecule has 1 aliphatic heterocycles. The summed E-state index contributed by atoms with van der Waals surface area (Å²) in [6.07, 6.45) is -25.5. The largest absolute Gasteiger partial charge is 0.750 e. The molecule has 0 spiro atoms. The Morgan fingerprint density at radius 3 is 1.49 bits per heavy atom. The van der Waals surface area contributed by atoms with Gasteiger partial charge in [0.05, 0.1) is 88.0 Å². The lowest BCUT2D eigenvalue weighted by atomic mass is 9.99. The van der Waals surface area contributed by atoms with Gasteiger partial charge in [0.15, 0.2) is 12.4 Å². The maximum absolute atomic E-state index is 11.7. The zero-order chi connectivity index (χ0) is 41.1. The first-order valence-electron chi connectivity index (χ1n) is 11.8. The van der Waals surface area contributed by atoms with Gasteiger partial charge in [-0.05, 0) is 0 Å². The van der Waals surface area contributed by atoms with Gasteiger partial charge in [0.1, 0.15) is 42.7 Å². The molecule has 1 aliphatic rings. The van der Waals surface area contributed by atoms with Crippen molar-refractivity contribution < 1.29 is 139 Å². The van der Waals surface area contributed by atoms with Crippen LogP contribution in [-0.2, 0) is 146 Å². The highest BCUT2D eigenvalue weighted by molar-refractivity contribution is 7.81. The summed E-state index contributed by atoms with van der Waals surface area (Å²) in [4.78, 5) is 0. The number of ether oxygens (including phenoxy) is 2. The van der Waals surface area contributed by atoms with Gasteiger partial charge in [-0.3, -0.25) is 38.8 Å². The fourth-order valence-electron chi connectivity index (χ4n) is 3.71. The van der Waals surface area contributed by atoms with Crippen molar-refractivity contribution in [3.63, 3.8) is 0 Å². The highest BCUT2D eigenvalue weighted by Gasteiger charge is 2.53. The van der Waals surface area contributed by atoms with Crippen LogP contribution in [0.15, 0.2) is 0 Å². The van der Waals surface area contributed by atoms with Crippen molar-refractivity contribution in [2.45, 2.75) is 55.1 Å². The Hall–Kier alpha value is -0.0500. The first-order valence-corrected chi connectivity index (χ1v) is 21.9. The van der Waals surface area contributed by atoms with E-state index in [9.17, 15) is 86.9 Å². The summed E-state index contributed by atoms with van der Waals surface area (Å²) in [5.41, 5.74) is 0. The van der Waals surface area contributed by atoms with Gasteiger partial charge in [0, 0.05) is 0 Å². The molecule has 0 bridgehead atoms. The van der Waals surface area contributed by atoms with E-state index in [4.69, 9.17) is 14.0 Å². The normalized spacial score (nSPS) is 27.5. The third kappa shape index (κ3) is 21.3. The summed E-state index contributed by atoms with van der Waals surface area (Å²) >= 11 is -23.0. The molecular weight excluding hydrogens is 945 g/mol. The molecule has 1 rings (SSSR count). The van der Waals surface area contributed by atoms with Gasteiger partial charge in [0.25, 0.3) is 0 Å². The Morgan fingerprint density at radius 1 is 0.585 bits per heavy atom. The van der Waals surface area contributed by atoms with Gasteiger partial charge in [0.2, 0.25) is 0 Å². The van der Waals surface area contributed by atoms with Crippen molar-refractivity contribution in [2.24, 2.45) is 0 Å². The average molecular weight is 963 g/mol. The molecule has 3 N–H and O–H groups in total. The van der Waals surface area contributed by atoms with Gasteiger partial charge in [-0.15, -0.1) is 0 Å². The molecule has 0 amide bonds. The molecule has 0 radical (unpaired) electrons. The fraction of sp³-hybridized carbons (Fsp3) is 1.00. The first-order chi connectivity index (χ1) is 24.1. The molecule has 6 unspecified atom stereocenters. The molecule has 32 nitrogen and oxygen atoms in total. The van der Waals surface area contributed by atoms with E-state index in [0.29, 0.717) is 0 Å². The topological polar surface area (TPSA) is 505 Å². The van der Waals surface area contributed by atoms with Crippen molar-refractivity contribution in [1.29, 1.82) is 0 Å². The lowest BCUT2D eigenvalue weighted by molar-refractivity contribution is -0.290. The van der Waals surface area contributed by atoms with Gasteiger partial charge in [-0.2, -0.15) is 25.3 Å². The van der Waals surface area contributed by atoms with Crippen LogP contribution in [0.2, 0.25) is 0 Å². The zero-order valence-corrected chi connectivity index (χ0v) is 31.5. The van der Waals surface area contributed by atoms with Gasteiger partial charge < -0.3 is 36.8 Å². The van der Waals surface area contributed by atoms with E-state index in [-0.39, 0.29) is 0 Å². The van der Waals surface area contributed by atoms with Crippen LogP contribution in [0, 0.1) is 0 Å². The summed E-state index contributed by atoms with van der Waals surface area (Å²) in [7, 11) is -17.6. The molecule has 0 aromatic heterocycles. The molecule has 0 aromatic carbocycles. The lowest BCUT2D eigenvalue weighted by Crippen LogP contribution is -2.63. The molecule has 1 fully saturated rings. The predicted molar refractivity (Wildman–Crippen MR) is 149 cm³/mol. The second-order valence-electron chi connectivity index (χ2n) is 8.53. The monoisotopic (exact) mass is 962 g/mol. The van der Waals surface area contributed by atoms with Crippen LogP contribution in [0.1, 0.15) is 0 Å². The molecular formula is C12H18O32S9-6. The fourth-order valence-corrected chi connectivity index (χ4v) is 7.22. The van der Waals surface area contributed by atoms with Gasteiger partial charge in [-0.1, -0.05) is 0 Å². The summed E-state index contributed by atoms with van der Waals surface area (Å²) in [5, 5.41) is 0. The summed E-state index contributed by atoms with van der Waals surface area (Å²) in [6, 6.07) is 0. The van der Waals surface area contributed by atoms with Crippen LogP contribution in [-0.4, -0.2) is 166 Å². The van der Waals surface area contributed by atoms with Crippen molar-refractivity contribution in [3.05, 3.63) is 0 Å². The van der Waals surface area contributed by atoms with E-state index < -0.39 is 174 Å². The summed E-state index contributed by atoms with van der Waals surface area (Å²) in [6.45, 7) is -5.17. The Bertz CT molecular complexity index is 1660. The van der Waals surface area contributed by atoms with Crippen molar-refractivity contribution in [2.75, 3.05) is 19.8 Å². The van der Waals surface area contributed by atoms with Gasteiger partial charge in [-0.25, -0.2) is 37.8 Å². The van der Waals surface area contributed by atoms with E-state index >= 15 is 0 Å². The van der Waals surface area contributed by atoms with E-state index in [0.717, 1.165) is 0 Å². The lowest BCUT2D eigenvalue weighted by Gasteiger charge is -2.45. The summed E-state index contributed by atoms with van der Waals surface area (Å²) < 4.78 is 280. The van der Waals surface area contributed by atoms with Crippen LogP contribution in [0.25, 0.3) is 0 Å². The standard InChI is InChI=1S/C12H24O32S9/c13-45(14)35-2-4-7(40-48(19)20)10(42-50(23)24)11(44-53(31,32)33)12(37-4)34-1-5(38-46(15)16)9(43-52(28,29)30)8(41-49(21)22)6(39-47(17)18)3-36-51(25,26)27/h4-12H,1-3H2,(H,13,14)(H,15,16)(H,17,18)(H,19,20)(H,21,22)(H,23,24)(H,25,26,27)(H,28,29,30)(H,31,32,33)/p-6/t4-,5-,6+,7-,8-,9-,10+,11-,12-/m1/s1. The molecule has 0 aromatic rings. The molecule has 53 heavy (non-hydrogen) atoms. The molecule has 1 heterocycles. The second kappa shape index (κ2) is 22.8. The number of hydrogen-bond donors (Lipinski definition) is 3. The minimum Gasteiger partial charge on any atom is -0.750 e. The van der Waals surface area contributed by atoms with E-state index in [1.807, 2.05) is 0 Å². The van der Waals surface area contributed by atoms with Crippen molar-refractivity contribution in [1.82, 2.24) is 0 Å². The summed E-state index contributed by atoms with van der Waals surface area (Å²) in [5.74, 6) is 0. The Balaban J connectivity index is 3.93. The maximum Gasteiger partial charge on any atom is 0.397 e. The van der Waals surface area contributed by atoms with Crippen LogP contribution in [0.5, 0.6) is 0 Å². The highest BCUT2D eigenvalue weighted by atomic mass is 32.3. The molecule has 0 saturated carbocycles. The van der Waals surface area contributed by atoms with Crippen LogP contribution >= 0.6 is 0 Å². The Labute approximate surface area is 311 Å². The highest BCUT2D eigenvalue weighted by Crippen LogP contribution is 2.32.